The second-order valence-corrected chi connectivity index (χ2v) is 7.61. The standard InChI is InChI=1S/C22H23N5O5/c1-13(2)11-18(20(28)24-16-7-9-17(10-8-16)27(30)31)25-21(29)19-12-32-22(26-19)14-3-5-15(23)6-4-14/h3-10,12-13,18H,11,23H2,1-2H3,(H,24,28)(H,25,29). The van der Waals surface area contributed by atoms with Crippen LogP contribution in [0.25, 0.3) is 11.5 Å². The monoisotopic (exact) mass is 437 g/mol. The molecule has 0 aliphatic carbocycles. The van der Waals surface area contributed by atoms with Crippen LogP contribution in [-0.4, -0.2) is 27.8 Å². The molecule has 0 bridgehead atoms. The zero-order chi connectivity index (χ0) is 23.3. The summed E-state index contributed by atoms with van der Waals surface area (Å²) < 4.78 is 5.39. The molecule has 166 valence electrons. The molecule has 0 saturated carbocycles. The second kappa shape index (κ2) is 9.73. The molecule has 1 atom stereocenters. The summed E-state index contributed by atoms with van der Waals surface area (Å²) in [7, 11) is 0. The van der Waals surface area contributed by atoms with Crippen LogP contribution in [0, 0.1) is 16.0 Å². The number of carbonyl (C=O) groups excluding carboxylic acids is 2. The Morgan fingerprint density at radius 1 is 1.12 bits per heavy atom. The number of rotatable bonds is 8. The molecule has 1 aromatic heterocycles. The molecular formula is C22H23N5O5. The summed E-state index contributed by atoms with van der Waals surface area (Å²) >= 11 is 0. The number of nitro groups is 1. The first-order valence-electron chi connectivity index (χ1n) is 9.90. The summed E-state index contributed by atoms with van der Waals surface area (Å²) in [5.41, 5.74) is 7.26. The van der Waals surface area contributed by atoms with E-state index in [9.17, 15) is 19.7 Å². The van der Waals surface area contributed by atoms with Gasteiger partial charge in [-0.3, -0.25) is 19.7 Å². The molecule has 0 aliphatic rings. The molecule has 32 heavy (non-hydrogen) atoms. The van der Waals surface area contributed by atoms with E-state index in [2.05, 4.69) is 15.6 Å². The van der Waals surface area contributed by atoms with E-state index in [1.165, 1.54) is 30.5 Å². The molecule has 2 amide bonds. The van der Waals surface area contributed by atoms with Gasteiger partial charge >= 0.3 is 0 Å². The molecule has 0 aliphatic heterocycles. The molecule has 0 saturated heterocycles. The van der Waals surface area contributed by atoms with Crippen molar-refractivity contribution >= 4 is 28.9 Å². The van der Waals surface area contributed by atoms with Gasteiger partial charge in [-0.2, -0.15) is 0 Å². The van der Waals surface area contributed by atoms with E-state index < -0.39 is 22.8 Å². The van der Waals surface area contributed by atoms with Gasteiger partial charge in [-0.15, -0.1) is 0 Å². The van der Waals surface area contributed by atoms with Gasteiger partial charge in [-0.05, 0) is 48.7 Å². The molecule has 1 unspecified atom stereocenters. The molecule has 0 radical (unpaired) electrons. The first kappa shape index (κ1) is 22.5. The van der Waals surface area contributed by atoms with Crippen LogP contribution in [-0.2, 0) is 4.79 Å². The highest BCUT2D eigenvalue weighted by Crippen LogP contribution is 2.20. The number of nitrogens with zero attached hydrogens (tertiary/aromatic N) is 2. The molecule has 0 fully saturated rings. The number of nitrogens with one attached hydrogen (secondary N) is 2. The lowest BCUT2D eigenvalue weighted by molar-refractivity contribution is -0.384. The molecule has 3 rings (SSSR count). The van der Waals surface area contributed by atoms with Crippen molar-refractivity contribution in [1.29, 1.82) is 0 Å². The average molecular weight is 437 g/mol. The van der Waals surface area contributed by atoms with Crippen LogP contribution in [0.15, 0.2) is 59.2 Å². The minimum Gasteiger partial charge on any atom is -0.444 e. The third-order valence-electron chi connectivity index (χ3n) is 4.57. The Balaban J connectivity index is 1.70. The number of hydrogen-bond acceptors (Lipinski definition) is 7. The van der Waals surface area contributed by atoms with Crippen LogP contribution < -0.4 is 16.4 Å². The van der Waals surface area contributed by atoms with Gasteiger partial charge in [0.1, 0.15) is 12.3 Å². The maximum absolute atomic E-state index is 12.8. The van der Waals surface area contributed by atoms with Crippen LogP contribution in [0.2, 0.25) is 0 Å². The topological polar surface area (TPSA) is 153 Å². The Kier molecular flexibility index (Phi) is 6.83. The third kappa shape index (κ3) is 5.69. The number of oxazole rings is 1. The highest BCUT2D eigenvalue weighted by Gasteiger charge is 2.24. The molecule has 4 N–H and O–H groups in total. The number of non-ortho nitro benzene ring substituents is 1. The Bertz CT molecular complexity index is 1110. The van der Waals surface area contributed by atoms with E-state index in [4.69, 9.17) is 10.2 Å². The smallest absolute Gasteiger partial charge is 0.273 e. The summed E-state index contributed by atoms with van der Waals surface area (Å²) in [5.74, 6) is -0.625. The van der Waals surface area contributed by atoms with Crippen LogP contribution in [0.5, 0.6) is 0 Å². The van der Waals surface area contributed by atoms with Crippen molar-refractivity contribution in [3.63, 3.8) is 0 Å². The lowest BCUT2D eigenvalue weighted by Crippen LogP contribution is -2.44. The van der Waals surface area contributed by atoms with Crippen molar-refractivity contribution in [3.8, 4) is 11.5 Å². The van der Waals surface area contributed by atoms with Crippen LogP contribution >= 0.6 is 0 Å². The number of nitrogens with two attached hydrogens (primary N) is 1. The van der Waals surface area contributed by atoms with Crippen LogP contribution in [0.3, 0.4) is 0 Å². The van der Waals surface area contributed by atoms with Gasteiger partial charge < -0.3 is 20.8 Å². The van der Waals surface area contributed by atoms with E-state index >= 15 is 0 Å². The average Bonchev–Trinajstić information content (AvgIpc) is 3.24. The van der Waals surface area contributed by atoms with Crippen molar-refractivity contribution < 1.29 is 18.9 Å². The van der Waals surface area contributed by atoms with Crippen molar-refractivity contribution in [3.05, 3.63) is 70.6 Å². The maximum Gasteiger partial charge on any atom is 0.273 e. The largest absolute Gasteiger partial charge is 0.444 e. The molecule has 1 heterocycles. The Labute approximate surface area is 184 Å². The fourth-order valence-electron chi connectivity index (χ4n) is 2.97. The zero-order valence-electron chi connectivity index (χ0n) is 17.6. The highest BCUT2D eigenvalue weighted by atomic mass is 16.6. The summed E-state index contributed by atoms with van der Waals surface area (Å²) in [6.45, 7) is 3.85. The van der Waals surface area contributed by atoms with E-state index in [0.717, 1.165) is 0 Å². The Morgan fingerprint density at radius 2 is 1.78 bits per heavy atom. The lowest BCUT2D eigenvalue weighted by Gasteiger charge is -2.19. The van der Waals surface area contributed by atoms with E-state index in [-0.39, 0.29) is 23.2 Å². The number of nitro benzene ring substituents is 1. The summed E-state index contributed by atoms with van der Waals surface area (Å²) in [6.07, 6.45) is 1.61. The van der Waals surface area contributed by atoms with Gasteiger partial charge in [-0.25, -0.2) is 4.98 Å². The quantitative estimate of drug-likeness (QED) is 0.276. The van der Waals surface area contributed by atoms with Crippen LogP contribution in [0.1, 0.15) is 30.8 Å². The van der Waals surface area contributed by atoms with Gasteiger partial charge in [0.05, 0.1) is 4.92 Å². The minimum absolute atomic E-state index is 0.0358. The fraction of sp³-hybridized carbons (Fsp3) is 0.227. The number of nitrogen functional groups attached to an aromatic ring is 1. The summed E-state index contributed by atoms with van der Waals surface area (Å²) in [4.78, 5) is 39.9. The zero-order valence-corrected chi connectivity index (χ0v) is 17.6. The van der Waals surface area contributed by atoms with E-state index in [1.807, 2.05) is 13.8 Å². The fourth-order valence-corrected chi connectivity index (χ4v) is 2.97. The van der Waals surface area contributed by atoms with Gasteiger partial charge in [0.25, 0.3) is 11.6 Å². The third-order valence-corrected chi connectivity index (χ3v) is 4.57. The van der Waals surface area contributed by atoms with Gasteiger partial charge in [0, 0.05) is 29.1 Å². The second-order valence-electron chi connectivity index (χ2n) is 7.61. The van der Waals surface area contributed by atoms with Crippen molar-refractivity contribution in [2.45, 2.75) is 26.3 Å². The Hall–Kier alpha value is -4.21. The molecule has 3 aromatic rings. The highest BCUT2D eigenvalue weighted by molar-refractivity contribution is 6.00. The molecule has 0 spiro atoms. The summed E-state index contributed by atoms with van der Waals surface area (Å²) in [6, 6.07) is 11.4. The molecule has 10 nitrogen and oxygen atoms in total. The van der Waals surface area contributed by atoms with Gasteiger partial charge in [0.15, 0.2) is 5.69 Å². The number of hydrogen-bond donors (Lipinski definition) is 3. The minimum atomic E-state index is -0.839. The summed E-state index contributed by atoms with van der Waals surface area (Å²) in [5, 5.41) is 16.1. The number of amides is 2. The molecule has 2 aromatic carbocycles. The van der Waals surface area contributed by atoms with Crippen molar-refractivity contribution in [2.24, 2.45) is 5.92 Å². The van der Waals surface area contributed by atoms with Gasteiger partial charge in [-0.1, -0.05) is 13.8 Å². The molecular weight excluding hydrogens is 414 g/mol. The van der Waals surface area contributed by atoms with Gasteiger partial charge in [0.2, 0.25) is 11.8 Å². The normalized spacial score (nSPS) is 11.7. The van der Waals surface area contributed by atoms with E-state index in [1.54, 1.807) is 24.3 Å². The van der Waals surface area contributed by atoms with E-state index in [0.29, 0.717) is 23.4 Å². The molecule has 10 heteroatoms. The van der Waals surface area contributed by atoms with Crippen molar-refractivity contribution in [1.82, 2.24) is 10.3 Å². The van der Waals surface area contributed by atoms with Crippen LogP contribution in [0.4, 0.5) is 17.1 Å². The number of aromatic nitrogens is 1. The first-order chi connectivity index (χ1) is 15.2. The maximum atomic E-state index is 12.8. The predicted octanol–water partition coefficient (Wildman–Crippen LogP) is 3.62. The number of benzene rings is 2. The van der Waals surface area contributed by atoms with Crippen molar-refractivity contribution in [2.75, 3.05) is 11.1 Å². The predicted molar refractivity (Wildman–Crippen MR) is 119 cm³/mol. The lowest BCUT2D eigenvalue weighted by atomic mass is 10.0. The number of carbonyl (C=O) groups is 2. The first-order valence-corrected chi connectivity index (χ1v) is 9.90. The number of anilines is 2. The Morgan fingerprint density at radius 3 is 2.38 bits per heavy atom. The SMILES string of the molecule is CC(C)CC(NC(=O)c1coc(-c2ccc(N)cc2)n1)C(=O)Nc1ccc([N+](=O)[O-])cc1.